The number of hydrogen-bond acceptors (Lipinski definition) is 4. The lowest BCUT2D eigenvalue weighted by molar-refractivity contribution is -0.128. The Bertz CT molecular complexity index is 1090. The standard InChI is InChI=1S/C22H22N4O4/c1-30-17-6-2-14(3-7-17)13-26-21(28)18(25-22(26)29)8-9-20(27)24-16-5-4-15-10-11-23-19(15)12-16/h2-7,10-12,18,23H,8-9,13H2,1H3,(H,24,27)(H,25,29)/t18-/m1/s1. The fourth-order valence-electron chi connectivity index (χ4n) is 3.46. The van der Waals surface area contributed by atoms with Crippen LogP contribution in [0.25, 0.3) is 10.9 Å². The molecule has 0 saturated carbocycles. The zero-order valence-corrected chi connectivity index (χ0v) is 16.5. The number of ether oxygens (including phenoxy) is 1. The van der Waals surface area contributed by atoms with Crippen molar-refractivity contribution in [2.24, 2.45) is 0 Å². The number of H-pyrrole nitrogens is 1. The predicted octanol–water partition coefficient (Wildman–Crippen LogP) is 3.02. The number of amides is 4. The Hall–Kier alpha value is -3.81. The van der Waals surface area contributed by atoms with E-state index in [2.05, 4.69) is 15.6 Å². The largest absolute Gasteiger partial charge is 0.497 e. The lowest BCUT2D eigenvalue weighted by atomic mass is 10.1. The quantitative estimate of drug-likeness (QED) is 0.525. The smallest absolute Gasteiger partial charge is 0.325 e. The van der Waals surface area contributed by atoms with Crippen LogP contribution in [0.5, 0.6) is 5.75 Å². The van der Waals surface area contributed by atoms with Crippen molar-refractivity contribution in [1.82, 2.24) is 15.2 Å². The van der Waals surface area contributed by atoms with Gasteiger partial charge < -0.3 is 20.4 Å². The third kappa shape index (κ3) is 4.12. The van der Waals surface area contributed by atoms with Crippen molar-refractivity contribution >= 4 is 34.4 Å². The summed E-state index contributed by atoms with van der Waals surface area (Å²) in [5, 5.41) is 6.55. The topological polar surface area (TPSA) is 104 Å². The molecule has 2 heterocycles. The lowest BCUT2D eigenvalue weighted by Crippen LogP contribution is -2.31. The van der Waals surface area contributed by atoms with Crippen LogP contribution in [0.4, 0.5) is 10.5 Å². The van der Waals surface area contributed by atoms with Crippen molar-refractivity contribution in [1.29, 1.82) is 0 Å². The number of fused-ring (bicyclic) bond motifs is 1. The molecule has 4 rings (SSSR count). The first-order chi connectivity index (χ1) is 14.5. The summed E-state index contributed by atoms with van der Waals surface area (Å²) in [6.45, 7) is 0.174. The Morgan fingerprint density at radius 1 is 1.13 bits per heavy atom. The first kappa shape index (κ1) is 19.5. The SMILES string of the molecule is COc1ccc(CN2C(=O)N[C@H](CCC(=O)Nc3ccc4cc[nH]c4c3)C2=O)cc1. The van der Waals surface area contributed by atoms with E-state index < -0.39 is 12.1 Å². The van der Waals surface area contributed by atoms with Crippen LogP contribution >= 0.6 is 0 Å². The Morgan fingerprint density at radius 2 is 1.93 bits per heavy atom. The van der Waals surface area contributed by atoms with Gasteiger partial charge in [-0.3, -0.25) is 14.5 Å². The maximum atomic E-state index is 12.6. The molecular formula is C22H22N4O4. The molecule has 1 fully saturated rings. The molecule has 1 aliphatic heterocycles. The van der Waals surface area contributed by atoms with Gasteiger partial charge in [0.25, 0.3) is 5.91 Å². The van der Waals surface area contributed by atoms with Crippen molar-refractivity contribution in [2.45, 2.75) is 25.4 Å². The van der Waals surface area contributed by atoms with Crippen molar-refractivity contribution in [3.63, 3.8) is 0 Å². The van der Waals surface area contributed by atoms with Crippen LogP contribution in [0.2, 0.25) is 0 Å². The molecular weight excluding hydrogens is 384 g/mol. The van der Waals surface area contributed by atoms with Crippen LogP contribution in [0.15, 0.2) is 54.7 Å². The van der Waals surface area contributed by atoms with E-state index in [1.54, 1.807) is 31.4 Å². The van der Waals surface area contributed by atoms with Crippen LogP contribution in [0, 0.1) is 0 Å². The number of nitrogens with zero attached hydrogens (tertiary/aromatic N) is 1. The number of rotatable bonds is 7. The van der Waals surface area contributed by atoms with E-state index in [4.69, 9.17) is 4.74 Å². The molecule has 0 radical (unpaired) electrons. The Morgan fingerprint density at radius 3 is 2.70 bits per heavy atom. The molecule has 0 spiro atoms. The minimum absolute atomic E-state index is 0.121. The van der Waals surface area contributed by atoms with Gasteiger partial charge in [-0.05, 0) is 47.7 Å². The number of aromatic nitrogens is 1. The number of hydrogen-bond donors (Lipinski definition) is 3. The van der Waals surface area contributed by atoms with Crippen molar-refractivity contribution in [3.05, 3.63) is 60.3 Å². The van der Waals surface area contributed by atoms with Crippen molar-refractivity contribution < 1.29 is 19.1 Å². The van der Waals surface area contributed by atoms with Gasteiger partial charge in [-0.2, -0.15) is 0 Å². The molecule has 1 atom stereocenters. The van der Waals surface area contributed by atoms with E-state index >= 15 is 0 Å². The molecule has 1 aliphatic rings. The summed E-state index contributed by atoms with van der Waals surface area (Å²) in [5.74, 6) is 0.170. The normalized spacial score (nSPS) is 16.0. The molecule has 8 nitrogen and oxygen atoms in total. The van der Waals surface area contributed by atoms with Gasteiger partial charge in [0.2, 0.25) is 5.91 Å². The Kier molecular flexibility index (Phi) is 5.38. The number of benzene rings is 2. The Labute approximate surface area is 173 Å². The minimum Gasteiger partial charge on any atom is -0.497 e. The van der Waals surface area contributed by atoms with Gasteiger partial charge in [-0.1, -0.05) is 18.2 Å². The summed E-state index contributed by atoms with van der Waals surface area (Å²) in [6, 6.07) is 13.6. The Balaban J connectivity index is 1.31. The molecule has 1 aromatic heterocycles. The van der Waals surface area contributed by atoms with E-state index in [1.807, 2.05) is 30.5 Å². The highest BCUT2D eigenvalue weighted by Crippen LogP contribution is 2.20. The molecule has 1 saturated heterocycles. The predicted molar refractivity (Wildman–Crippen MR) is 112 cm³/mol. The second-order valence-corrected chi connectivity index (χ2v) is 7.14. The molecule has 3 aromatic rings. The van der Waals surface area contributed by atoms with Gasteiger partial charge in [0.1, 0.15) is 11.8 Å². The van der Waals surface area contributed by atoms with Gasteiger partial charge in [0, 0.05) is 23.8 Å². The van der Waals surface area contributed by atoms with Crippen LogP contribution in [-0.4, -0.2) is 40.9 Å². The summed E-state index contributed by atoms with van der Waals surface area (Å²) >= 11 is 0. The molecule has 0 aliphatic carbocycles. The van der Waals surface area contributed by atoms with E-state index in [9.17, 15) is 14.4 Å². The van der Waals surface area contributed by atoms with Crippen molar-refractivity contribution in [3.8, 4) is 5.75 Å². The maximum Gasteiger partial charge on any atom is 0.325 e. The lowest BCUT2D eigenvalue weighted by Gasteiger charge is -2.13. The number of carbonyl (C=O) groups is 3. The molecule has 2 aromatic carbocycles. The molecule has 0 unspecified atom stereocenters. The molecule has 30 heavy (non-hydrogen) atoms. The average Bonchev–Trinajstić information content (AvgIpc) is 3.32. The van der Waals surface area contributed by atoms with E-state index in [-0.39, 0.29) is 31.2 Å². The van der Waals surface area contributed by atoms with E-state index in [0.29, 0.717) is 11.4 Å². The van der Waals surface area contributed by atoms with Crippen LogP contribution in [0.1, 0.15) is 18.4 Å². The zero-order chi connectivity index (χ0) is 21.1. The van der Waals surface area contributed by atoms with Crippen LogP contribution < -0.4 is 15.4 Å². The molecule has 8 heteroatoms. The monoisotopic (exact) mass is 406 g/mol. The van der Waals surface area contributed by atoms with Crippen molar-refractivity contribution in [2.75, 3.05) is 12.4 Å². The third-order valence-electron chi connectivity index (χ3n) is 5.11. The number of nitrogens with one attached hydrogen (secondary N) is 3. The number of urea groups is 1. The minimum atomic E-state index is -0.701. The van der Waals surface area contributed by atoms with Gasteiger partial charge in [-0.25, -0.2) is 4.79 Å². The fourth-order valence-corrected chi connectivity index (χ4v) is 3.46. The summed E-state index contributed by atoms with van der Waals surface area (Å²) in [7, 11) is 1.58. The average molecular weight is 406 g/mol. The molecule has 154 valence electrons. The second kappa shape index (κ2) is 8.28. The maximum absolute atomic E-state index is 12.6. The van der Waals surface area contributed by atoms with E-state index in [0.717, 1.165) is 16.5 Å². The number of anilines is 1. The summed E-state index contributed by atoms with van der Waals surface area (Å²) in [4.78, 5) is 41.4. The number of imide groups is 1. The highest BCUT2D eigenvalue weighted by Gasteiger charge is 2.37. The number of methoxy groups -OCH3 is 1. The summed E-state index contributed by atoms with van der Waals surface area (Å²) in [5.41, 5.74) is 2.43. The molecule has 3 N–H and O–H groups in total. The van der Waals surface area contributed by atoms with E-state index in [1.165, 1.54) is 4.90 Å². The fraction of sp³-hybridized carbons (Fsp3) is 0.227. The zero-order valence-electron chi connectivity index (χ0n) is 16.5. The second-order valence-electron chi connectivity index (χ2n) is 7.14. The third-order valence-corrected chi connectivity index (χ3v) is 5.11. The summed E-state index contributed by atoms with van der Waals surface area (Å²) in [6.07, 6.45) is 2.19. The highest BCUT2D eigenvalue weighted by atomic mass is 16.5. The first-order valence-electron chi connectivity index (χ1n) is 9.65. The van der Waals surface area contributed by atoms with Gasteiger partial charge in [-0.15, -0.1) is 0 Å². The number of aromatic amines is 1. The van der Waals surface area contributed by atoms with Crippen LogP contribution in [-0.2, 0) is 16.1 Å². The first-order valence-corrected chi connectivity index (χ1v) is 9.65. The van der Waals surface area contributed by atoms with Gasteiger partial charge >= 0.3 is 6.03 Å². The van der Waals surface area contributed by atoms with Gasteiger partial charge in [0.05, 0.1) is 13.7 Å². The molecule has 0 bridgehead atoms. The number of carbonyl (C=O) groups excluding carboxylic acids is 3. The van der Waals surface area contributed by atoms with Gasteiger partial charge in [0.15, 0.2) is 0 Å². The summed E-state index contributed by atoms with van der Waals surface area (Å²) < 4.78 is 5.11. The highest BCUT2D eigenvalue weighted by molar-refractivity contribution is 6.04. The van der Waals surface area contributed by atoms with Crippen LogP contribution in [0.3, 0.4) is 0 Å². The molecule has 4 amide bonds.